The molecule has 4 N–H and O–H groups in total. The first-order chi connectivity index (χ1) is 8.13. The third-order valence-corrected chi connectivity index (χ3v) is 2.99. The first-order valence-electron chi connectivity index (χ1n) is 4.82. The van der Waals surface area contributed by atoms with Crippen LogP contribution in [0.3, 0.4) is 0 Å². The van der Waals surface area contributed by atoms with Gasteiger partial charge in [0.05, 0.1) is 5.75 Å². The number of carbonyl (C=O) groups is 1. The van der Waals surface area contributed by atoms with Crippen molar-refractivity contribution < 1.29 is 22.9 Å². The van der Waals surface area contributed by atoms with E-state index >= 15 is 0 Å². The van der Waals surface area contributed by atoms with Crippen molar-refractivity contribution in [3.05, 3.63) is 27.5 Å². The van der Waals surface area contributed by atoms with Gasteiger partial charge in [0.1, 0.15) is 5.56 Å². The number of nitrogens with two attached hydrogens (primary N) is 1. The Morgan fingerprint density at radius 2 is 2.06 bits per heavy atom. The number of pyridine rings is 1. The minimum Gasteiger partial charge on any atom is -0.494 e. The van der Waals surface area contributed by atoms with Gasteiger partial charge in [-0.15, -0.1) is 0 Å². The van der Waals surface area contributed by atoms with E-state index in [1.54, 1.807) is 0 Å². The molecule has 18 heavy (non-hydrogen) atoms. The van der Waals surface area contributed by atoms with Gasteiger partial charge in [-0.1, -0.05) is 0 Å². The van der Waals surface area contributed by atoms with Gasteiger partial charge < -0.3 is 10.8 Å². The molecule has 0 saturated heterocycles. The van der Waals surface area contributed by atoms with Crippen molar-refractivity contribution in [3.8, 4) is 5.88 Å². The first-order valence-corrected chi connectivity index (χ1v) is 6.43. The van der Waals surface area contributed by atoms with Crippen LogP contribution in [0.15, 0.2) is 10.9 Å². The van der Waals surface area contributed by atoms with Crippen molar-refractivity contribution in [1.82, 2.24) is 4.57 Å². The highest BCUT2D eigenvalue weighted by Crippen LogP contribution is 2.12. The number of rotatable bonds is 4. The molecule has 0 aliphatic rings. The molecule has 1 heterocycles. The fourth-order valence-electron chi connectivity index (χ4n) is 1.47. The normalized spacial score (nSPS) is 11.4. The number of nitrogens with zero attached hydrogens (tertiary/aromatic N) is 1. The summed E-state index contributed by atoms with van der Waals surface area (Å²) in [5.74, 6) is -2.24. The number of hydrogen-bond donors (Lipinski definition) is 3. The van der Waals surface area contributed by atoms with Crippen LogP contribution in [0, 0.1) is 6.92 Å². The second kappa shape index (κ2) is 4.78. The Morgan fingerprint density at radius 3 is 2.50 bits per heavy atom. The molecule has 0 bridgehead atoms. The predicted octanol–water partition coefficient (Wildman–Crippen LogP) is -1.15. The third kappa shape index (κ3) is 3.08. The molecule has 0 radical (unpaired) electrons. The van der Waals surface area contributed by atoms with Crippen LogP contribution in [0.4, 0.5) is 0 Å². The highest BCUT2D eigenvalue weighted by Gasteiger charge is 2.17. The number of hydrogen-bond acceptors (Lipinski definition) is 5. The van der Waals surface area contributed by atoms with Gasteiger partial charge in [0.2, 0.25) is 0 Å². The Hall–Kier alpha value is -1.87. The molecule has 1 aromatic heterocycles. The van der Waals surface area contributed by atoms with Crippen LogP contribution in [0.25, 0.3) is 0 Å². The minimum absolute atomic E-state index is 0.188. The maximum atomic E-state index is 11.8. The maximum absolute atomic E-state index is 11.8. The highest BCUT2D eigenvalue weighted by molar-refractivity contribution is 7.85. The summed E-state index contributed by atoms with van der Waals surface area (Å²) in [4.78, 5) is 22.9. The lowest BCUT2D eigenvalue weighted by molar-refractivity contribution is 0.0997. The second-order valence-electron chi connectivity index (χ2n) is 3.67. The molecule has 0 atom stereocenters. The monoisotopic (exact) mass is 276 g/mol. The molecule has 1 rings (SSSR count). The van der Waals surface area contributed by atoms with E-state index in [0.717, 1.165) is 6.07 Å². The van der Waals surface area contributed by atoms with Crippen LogP contribution in [0.1, 0.15) is 15.9 Å². The number of aromatic nitrogens is 1. The molecule has 8 nitrogen and oxygen atoms in total. The molecular weight excluding hydrogens is 264 g/mol. The van der Waals surface area contributed by atoms with Crippen molar-refractivity contribution >= 4 is 16.0 Å². The van der Waals surface area contributed by atoms with E-state index in [-0.39, 0.29) is 11.1 Å². The zero-order valence-electron chi connectivity index (χ0n) is 9.45. The van der Waals surface area contributed by atoms with Crippen LogP contribution < -0.4 is 11.3 Å². The maximum Gasteiger partial charge on any atom is 0.266 e. The zero-order chi connectivity index (χ0) is 14.1. The van der Waals surface area contributed by atoms with Gasteiger partial charge in [0.15, 0.2) is 5.88 Å². The smallest absolute Gasteiger partial charge is 0.266 e. The number of aryl methyl sites for hydroxylation is 1. The van der Waals surface area contributed by atoms with E-state index in [9.17, 15) is 23.1 Å². The number of carbonyl (C=O) groups excluding carboxylic acids is 1. The van der Waals surface area contributed by atoms with Crippen LogP contribution in [0.5, 0.6) is 5.88 Å². The van der Waals surface area contributed by atoms with E-state index in [4.69, 9.17) is 10.3 Å². The Morgan fingerprint density at radius 1 is 1.50 bits per heavy atom. The summed E-state index contributed by atoms with van der Waals surface area (Å²) in [6, 6.07) is 1.12. The summed E-state index contributed by atoms with van der Waals surface area (Å²) in [5.41, 5.74) is 3.97. The van der Waals surface area contributed by atoms with Crippen molar-refractivity contribution in [2.75, 3.05) is 5.75 Å². The summed E-state index contributed by atoms with van der Waals surface area (Å²) >= 11 is 0. The lowest BCUT2D eigenvalue weighted by Crippen LogP contribution is -2.32. The van der Waals surface area contributed by atoms with Gasteiger partial charge in [-0.25, -0.2) is 0 Å². The topological polar surface area (TPSA) is 140 Å². The Kier molecular flexibility index (Phi) is 3.77. The number of primary amides is 1. The Labute approximate surface area is 102 Å². The van der Waals surface area contributed by atoms with Crippen LogP contribution in [-0.4, -0.2) is 34.3 Å². The number of aromatic hydroxyl groups is 1. The van der Waals surface area contributed by atoms with Crippen LogP contribution in [0.2, 0.25) is 0 Å². The molecule has 9 heteroatoms. The van der Waals surface area contributed by atoms with E-state index in [2.05, 4.69) is 0 Å². The van der Waals surface area contributed by atoms with Gasteiger partial charge in [-0.2, -0.15) is 8.42 Å². The van der Waals surface area contributed by atoms with Crippen LogP contribution >= 0.6 is 0 Å². The van der Waals surface area contributed by atoms with Crippen molar-refractivity contribution in [1.29, 1.82) is 0 Å². The molecule has 0 fully saturated rings. The molecule has 1 amide bonds. The lowest BCUT2D eigenvalue weighted by atomic mass is 10.1. The summed E-state index contributed by atoms with van der Waals surface area (Å²) in [5, 5.41) is 9.51. The quantitative estimate of drug-likeness (QED) is 0.593. The largest absolute Gasteiger partial charge is 0.494 e. The fourth-order valence-corrected chi connectivity index (χ4v) is 1.89. The summed E-state index contributed by atoms with van der Waals surface area (Å²) in [6.45, 7) is 0.929. The molecular formula is C9H12N2O6S. The molecule has 1 aromatic rings. The molecule has 0 spiro atoms. The van der Waals surface area contributed by atoms with E-state index in [0.29, 0.717) is 4.57 Å². The van der Waals surface area contributed by atoms with Gasteiger partial charge in [0, 0.05) is 12.6 Å². The van der Waals surface area contributed by atoms with Crippen molar-refractivity contribution in [2.24, 2.45) is 5.73 Å². The first kappa shape index (κ1) is 14.2. The minimum atomic E-state index is -4.29. The van der Waals surface area contributed by atoms with Crippen molar-refractivity contribution in [3.63, 3.8) is 0 Å². The van der Waals surface area contributed by atoms with E-state index < -0.39 is 39.8 Å². The standard InChI is InChI=1S/C9H12N2O6S/c1-5-4-6(12)11(2-3-18(15,16)17)9(14)7(5)8(10)13/h4,12H,2-3H2,1H3,(H2,10,13)(H,15,16,17). The Balaban J connectivity index is 3.33. The molecule has 0 aliphatic carbocycles. The highest BCUT2D eigenvalue weighted by atomic mass is 32.2. The van der Waals surface area contributed by atoms with E-state index in [1.165, 1.54) is 6.92 Å². The second-order valence-corrected chi connectivity index (χ2v) is 5.24. The summed E-state index contributed by atoms with van der Waals surface area (Å²) in [7, 11) is -4.29. The molecule has 100 valence electrons. The van der Waals surface area contributed by atoms with Gasteiger partial charge in [0.25, 0.3) is 21.6 Å². The average molecular weight is 276 g/mol. The predicted molar refractivity (Wildman–Crippen MR) is 62.0 cm³/mol. The average Bonchev–Trinajstić information content (AvgIpc) is 2.13. The fraction of sp³-hybridized carbons (Fsp3) is 0.333. The van der Waals surface area contributed by atoms with Gasteiger partial charge >= 0.3 is 0 Å². The number of amides is 1. The van der Waals surface area contributed by atoms with Crippen LogP contribution in [-0.2, 0) is 16.7 Å². The van der Waals surface area contributed by atoms with Crippen molar-refractivity contribution in [2.45, 2.75) is 13.5 Å². The van der Waals surface area contributed by atoms with Gasteiger partial charge in [-0.05, 0) is 12.5 Å². The SMILES string of the molecule is Cc1cc(O)n(CCS(=O)(=O)O)c(=O)c1C(N)=O. The third-order valence-electron chi connectivity index (χ3n) is 2.29. The molecule has 0 saturated carbocycles. The lowest BCUT2D eigenvalue weighted by Gasteiger charge is -2.10. The molecule has 0 aliphatic heterocycles. The zero-order valence-corrected chi connectivity index (χ0v) is 10.3. The molecule has 0 unspecified atom stereocenters. The summed E-state index contributed by atoms with van der Waals surface area (Å²) in [6.07, 6.45) is 0. The molecule has 0 aromatic carbocycles. The van der Waals surface area contributed by atoms with Gasteiger partial charge in [-0.3, -0.25) is 18.7 Å². The van der Waals surface area contributed by atoms with E-state index in [1.807, 2.05) is 0 Å². The summed E-state index contributed by atoms with van der Waals surface area (Å²) < 4.78 is 30.4. The Bertz CT molecular complexity index is 646.